The molecule has 1 fully saturated rings. The van der Waals surface area contributed by atoms with Crippen molar-refractivity contribution in [2.45, 2.75) is 38.1 Å². The highest BCUT2D eigenvalue weighted by atomic mass is 32.1. The third-order valence-corrected chi connectivity index (χ3v) is 4.51. The van der Waals surface area contributed by atoms with Gasteiger partial charge in [0.15, 0.2) is 6.61 Å². The summed E-state index contributed by atoms with van der Waals surface area (Å²) in [4.78, 5) is 27.5. The summed E-state index contributed by atoms with van der Waals surface area (Å²) in [5, 5.41) is 3.81. The van der Waals surface area contributed by atoms with Crippen LogP contribution in [0, 0.1) is 0 Å². The average Bonchev–Trinajstić information content (AvgIpc) is 3.21. The zero-order valence-corrected chi connectivity index (χ0v) is 13.0. The largest absolute Gasteiger partial charge is 0.456 e. The van der Waals surface area contributed by atoms with E-state index in [9.17, 15) is 9.59 Å². The van der Waals surface area contributed by atoms with Gasteiger partial charge in [-0.2, -0.15) is 0 Å². The Balaban J connectivity index is 1.36. The number of aromatic nitrogens is 1. The van der Waals surface area contributed by atoms with Crippen molar-refractivity contribution in [3.8, 4) is 0 Å². The monoisotopic (exact) mass is 318 g/mol. The molecule has 1 amide bonds. The van der Waals surface area contributed by atoms with Gasteiger partial charge in [-0.3, -0.25) is 9.59 Å². The molecule has 6 heteroatoms. The smallest absolute Gasteiger partial charge is 0.306 e. The number of carbonyl (C=O) groups excluding carboxylic acids is 2. The molecular formula is C16H18N2O3S. The van der Waals surface area contributed by atoms with Crippen LogP contribution < -0.4 is 5.32 Å². The Morgan fingerprint density at radius 3 is 2.91 bits per heavy atom. The number of nitrogens with one attached hydrogen (secondary N) is 1. The molecule has 1 aromatic carbocycles. The summed E-state index contributed by atoms with van der Waals surface area (Å²) in [6, 6.07) is 8.29. The first kappa shape index (κ1) is 15.0. The molecule has 2 aromatic rings. The molecule has 5 nitrogen and oxygen atoms in total. The standard InChI is InChI=1S/C16H18N2O3S/c19-14(17-11-8-9-11)10-21-16(20)7-3-6-15-18-12-4-1-2-5-13(12)22-15/h1-2,4-5,11H,3,6-10H2,(H,17,19). The number of aryl methyl sites for hydroxylation is 1. The van der Waals surface area contributed by atoms with Crippen LogP contribution >= 0.6 is 11.3 Å². The van der Waals surface area contributed by atoms with E-state index in [-0.39, 0.29) is 18.5 Å². The molecule has 1 heterocycles. The number of hydrogen-bond acceptors (Lipinski definition) is 5. The van der Waals surface area contributed by atoms with Crippen LogP contribution in [0.3, 0.4) is 0 Å². The summed E-state index contributed by atoms with van der Waals surface area (Å²) >= 11 is 1.65. The first-order valence-electron chi connectivity index (χ1n) is 7.50. The van der Waals surface area contributed by atoms with E-state index in [1.54, 1.807) is 11.3 Å². The molecule has 0 aliphatic heterocycles. The van der Waals surface area contributed by atoms with Gasteiger partial charge in [0.2, 0.25) is 0 Å². The maximum Gasteiger partial charge on any atom is 0.306 e. The number of rotatable bonds is 7. The molecule has 116 valence electrons. The summed E-state index contributed by atoms with van der Waals surface area (Å²) in [7, 11) is 0. The second-order valence-corrected chi connectivity index (χ2v) is 6.55. The second-order valence-electron chi connectivity index (χ2n) is 5.43. The van der Waals surface area contributed by atoms with Crippen molar-refractivity contribution in [3.05, 3.63) is 29.3 Å². The fraction of sp³-hybridized carbons (Fsp3) is 0.438. The predicted molar refractivity (Wildman–Crippen MR) is 84.7 cm³/mol. The Bertz CT molecular complexity index is 646. The van der Waals surface area contributed by atoms with Gasteiger partial charge in [-0.05, 0) is 37.8 Å². The molecule has 1 aliphatic rings. The van der Waals surface area contributed by atoms with Gasteiger partial charge in [-0.1, -0.05) is 12.1 Å². The van der Waals surface area contributed by atoms with Gasteiger partial charge < -0.3 is 10.1 Å². The van der Waals surface area contributed by atoms with E-state index >= 15 is 0 Å². The maximum absolute atomic E-state index is 11.6. The van der Waals surface area contributed by atoms with Gasteiger partial charge in [0, 0.05) is 12.5 Å². The number of carbonyl (C=O) groups is 2. The van der Waals surface area contributed by atoms with Gasteiger partial charge in [0.05, 0.1) is 15.2 Å². The van der Waals surface area contributed by atoms with Crippen LogP contribution in [0.4, 0.5) is 0 Å². The van der Waals surface area contributed by atoms with Crippen LogP contribution in [-0.2, 0) is 20.7 Å². The Hall–Kier alpha value is -1.95. The average molecular weight is 318 g/mol. The molecule has 0 bridgehead atoms. The first-order valence-corrected chi connectivity index (χ1v) is 8.32. The van der Waals surface area contributed by atoms with Gasteiger partial charge in [0.1, 0.15) is 0 Å². The van der Waals surface area contributed by atoms with Gasteiger partial charge in [0.25, 0.3) is 5.91 Å². The van der Waals surface area contributed by atoms with E-state index in [1.807, 2.05) is 24.3 Å². The lowest BCUT2D eigenvalue weighted by Gasteiger charge is -2.05. The maximum atomic E-state index is 11.6. The van der Waals surface area contributed by atoms with Crippen molar-refractivity contribution in [2.75, 3.05) is 6.61 Å². The van der Waals surface area contributed by atoms with E-state index in [0.717, 1.165) is 34.5 Å². The number of nitrogens with zero attached hydrogens (tertiary/aromatic N) is 1. The molecule has 1 aliphatic carbocycles. The quantitative estimate of drug-likeness (QED) is 0.796. The highest BCUT2D eigenvalue weighted by molar-refractivity contribution is 7.18. The van der Waals surface area contributed by atoms with Crippen LogP contribution in [0.2, 0.25) is 0 Å². The van der Waals surface area contributed by atoms with Crippen LogP contribution in [-0.4, -0.2) is 29.5 Å². The molecule has 1 saturated carbocycles. The number of para-hydroxylation sites is 1. The molecular weight excluding hydrogens is 300 g/mol. The summed E-state index contributed by atoms with van der Waals surface area (Å²) in [5.74, 6) is -0.533. The number of ether oxygens (including phenoxy) is 1. The molecule has 0 unspecified atom stereocenters. The fourth-order valence-corrected chi connectivity index (χ4v) is 3.14. The Labute approximate surface area is 132 Å². The Morgan fingerprint density at radius 2 is 2.14 bits per heavy atom. The van der Waals surface area contributed by atoms with Crippen LogP contribution in [0.1, 0.15) is 30.7 Å². The predicted octanol–water partition coefficient (Wildman–Crippen LogP) is 2.44. The molecule has 1 N–H and O–H groups in total. The SMILES string of the molecule is O=C(COC(=O)CCCc1nc2ccccc2s1)NC1CC1. The Kier molecular flexibility index (Phi) is 4.68. The van der Waals surface area contributed by atoms with Gasteiger partial charge in [-0.25, -0.2) is 4.98 Å². The summed E-state index contributed by atoms with van der Waals surface area (Å²) in [6.45, 7) is -0.170. The minimum absolute atomic E-state index is 0.170. The lowest BCUT2D eigenvalue weighted by atomic mass is 10.2. The minimum atomic E-state index is -0.327. The van der Waals surface area contributed by atoms with E-state index in [1.165, 1.54) is 0 Å². The van der Waals surface area contributed by atoms with Crippen molar-refractivity contribution in [3.63, 3.8) is 0 Å². The van der Waals surface area contributed by atoms with E-state index < -0.39 is 0 Å². The molecule has 1 aromatic heterocycles. The number of amides is 1. The first-order chi connectivity index (χ1) is 10.7. The van der Waals surface area contributed by atoms with Gasteiger partial charge >= 0.3 is 5.97 Å². The van der Waals surface area contributed by atoms with Crippen molar-refractivity contribution in [2.24, 2.45) is 0 Å². The lowest BCUT2D eigenvalue weighted by Crippen LogP contribution is -2.30. The van der Waals surface area contributed by atoms with Crippen molar-refractivity contribution in [1.82, 2.24) is 10.3 Å². The molecule has 0 radical (unpaired) electrons. The number of esters is 1. The number of benzene rings is 1. The van der Waals surface area contributed by atoms with E-state index in [0.29, 0.717) is 18.9 Å². The second kappa shape index (κ2) is 6.87. The van der Waals surface area contributed by atoms with Crippen LogP contribution in [0.25, 0.3) is 10.2 Å². The highest BCUT2D eigenvalue weighted by Crippen LogP contribution is 2.22. The number of hydrogen-bond donors (Lipinski definition) is 1. The van der Waals surface area contributed by atoms with E-state index in [4.69, 9.17) is 4.74 Å². The molecule has 0 atom stereocenters. The van der Waals surface area contributed by atoms with E-state index in [2.05, 4.69) is 10.3 Å². The number of fused-ring (bicyclic) bond motifs is 1. The van der Waals surface area contributed by atoms with Crippen LogP contribution in [0.15, 0.2) is 24.3 Å². The zero-order chi connectivity index (χ0) is 15.4. The molecule has 22 heavy (non-hydrogen) atoms. The number of thiazole rings is 1. The highest BCUT2D eigenvalue weighted by Gasteiger charge is 2.23. The molecule has 0 saturated heterocycles. The summed E-state index contributed by atoms with van der Waals surface area (Å²) in [5.41, 5.74) is 1.00. The molecule has 0 spiro atoms. The lowest BCUT2D eigenvalue weighted by molar-refractivity contribution is -0.148. The third-order valence-electron chi connectivity index (χ3n) is 3.42. The summed E-state index contributed by atoms with van der Waals surface area (Å²) in [6.07, 6.45) is 3.81. The fourth-order valence-electron chi connectivity index (χ4n) is 2.13. The topological polar surface area (TPSA) is 68.3 Å². The van der Waals surface area contributed by atoms with Crippen molar-refractivity contribution < 1.29 is 14.3 Å². The normalized spacial score (nSPS) is 14.0. The van der Waals surface area contributed by atoms with Crippen LogP contribution in [0.5, 0.6) is 0 Å². The summed E-state index contributed by atoms with van der Waals surface area (Å²) < 4.78 is 6.13. The zero-order valence-electron chi connectivity index (χ0n) is 12.2. The van der Waals surface area contributed by atoms with Crippen molar-refractivity contribution >= 4 is 33.4 Å². The third kappa shape index (κ3) is 4.27. The van der Waals surface area contributed by atoms with Gasteiger partial charge in [-0.15, -0.1) is 11.3 Å². The minimum Gasteiger partial charge on any atom is -0.456 e. The van der Waals surface area contributed by atoms with Crippen molar-refractivity contribution in [1.29, 1.82) is 0 Å². The Morgan fingerprint density at radius 1 is 1.32 bits per heavy atom. The molecule has 3 rings (SSSR count).